The van der Waals surface area contributed by atoms with Crippen LogP contribution in [0, 0.1) is 0 Å². The molecule has 3 rings (SSSR count). The molecule has 1 aliphatic heterocycles. The van der Waals surface area contributed by atoms with Gasteiger partial charge in [-0.3, -0.25) is 4.79 Å². The van der Waals surface area contributed by atoms with E-state index in [0.717, 1.165) is 18.8 Å². The first-order valence-corrected chi connectivity index (χ1v) is 10.1. The molecule has 160 valence electrons. The van der Waals surface area contributed by atoms with Crippen LogP contribution in [0.2, 0.25) is 0 Å². The van der Waals surface area contributed by atoms with Gasteiger partial charge < -0.3 is 24.4 Å². The summed E-state index contributed by atoms with van der Waals surface area (Å²) in [6.45, 7) is 3.65. The Morgan fingerprint density at radius 1 is 0.967 bits per heavy atom. The van der Waals surface area contributed by atoms with Crippen molar-refractivity contribution in [3.63, 3.8) is 0 Å². The lowest BCUT2D eigenvalue weighted by atomic mass is 10.1. The molecule has 1 fully saturated rings. The van der Waals surface area contributed by atoms with E-state index in [1.807, 2.05) is 24.3 Å². The molecule has 7 nitrogen and oxygen atoms in total. The van der Waals surface area contributed by atoms with Crippen LogP contribution in [0.3, 0.4) is 0 Å². The number of nitrogens with one attached hydrogen (secondary N) is 1. The Kier molecular flexibility index (Phi) is 7.17. The summed E-state index contributed by atoms with van der Waals surface area (Å²) in [5.74, 6) is -0.381. The molecule has 0 aromatic heterocycles. The van der Waals surface area contributed by atoms with Gasteiger partial charge >= 0.3 is 5.97 Å². The standard InChI is InChI=1S/C23H28N2O5/c1-16(30-23(27)19-8-7-9-20(28-2)21(19)29-3)22(26)24-17-10-12-18(13-11-17)25-14-5-4-6-15-25/h7-13,16H,4-6,14-15H2,1-3H3,(H,24,26)/t16-/m0/s1. The summed E-state index contributed by atoms with van der Waals surface area (Å²) in [6, 6.07) is 12.6. The Hall–Kier alpha value is -3.22. The maximum Gasteiger partial charge on any atom is 0.342 e. The van der Waals surface area contributed by atoms with Gasteiger partial charge in [-0.05, 0) is 62.6 Å². The number of rotatable bonds is 7. The van der Waals surface area contributed by atoms with Crippen molar-refractivity contribution in [2.75, 3.05) is 37.5 Å². The van der Waals surface area contributed by atoms with E-state index in [1.165, 1.54) is 40.4 Å². The zero-order valence-corrected chi connectivity index (χ0v) is 17.6. The molecule has 0 unspecified atom stereocenters. The molecular formula is C23H28N2O5. The molecule has 1 saturated heterocycles. The minimum atomic E-state index is -0.977. The van der Waals surface area contributed by atoms with Crippen molar-refractivity contribution in [1.82, 2.24) is 0 Å². The van der Waals surface area contributed by atoms with E-state index in [-0.39, 0.29) is 11.3 Å². The maximum absolute atomic E-state index is 12.5. The van der Waals surface area contributed by atoms with E-state index in [0.29, 0.717) is 11.4 Å². The minimum Gasteiger partial charge on any atom is -0.493 e. The third-order valence-electron chi connectivity index (χ3n) is 5.13. The van der Waals surface area contributed by atoms with E-state index in [4.69, 9.17) is 14.2 Å². The van der Waals surface area contributed by atoms with Gasteiger partial charge in [-0.2, -0.15) is 0 Å². The number of carbonyl (C=O) groups is 2. The summed E-state index contributed by atoms with van der Waals surface area (Å²) >= 11 is 0. The molecule has 2 aromatic rings. The highest BCUT2D eigenvalue weighted by molar-refractivity contribution is 5.98. The monoisotopic (exact) mass is 412 g/mol. The predicted molar refractivity (Wildman–Crippen MR) is 116 cm³/mol. The highest BCUT2D eigenvalue weighted by atomic mass is 16.6. The molecule has 0 radical (unpaired) electrons. The number of carbonyl (C=O) groups excluding carboxylic acids is 2. The second kappa shape index (κ2) is 10.0. The third-order valence-corrected chi connectivity index (χ3v) is 5.13. The second-order valence-corrected chi connectivity index (χ2v) is 7.17. The number of ether oxygens (including phenoxy) is 3. The number of para-hydroxylation sites is 1. The minimum absolute atomic E-state index is 0.197. The summed E-state index contributed by atoms with van der Waals surface area (Å²) in [7, 11) is 2.93. The van der Waals surface area contributed by atoms with Crippen molar-refractivity contribution in [3.05, 3.63) is 48.0 Å². The summed E-state index contributed by atoms with van der Waals surface area (Å²) in [5.41, 5.74) is 2.00. The third kappa shape index (κ3) is 5.03. The first-order chi connectivity index (χ1) is 14.5. The fraction of sp³-hybridized carbons (Fsp3) is 0.391. The number of piperidine rings is 1. The lowest BCUT2D eigenvalue weighted by Gasteiger charge is -2.28. The molecule has 0 bridgehead atoms. The fourth-order valence-corrected chi connectivity index (χ4v) is 3.48. The summed E-state index contributed by atoms with van der Waals surface area (Å²) in [6.07, 6.45) is 2.72. The SMILES string of the molecule is COc1cccc(C(=O)O[C@@H](C)C(=O)Nc2ccc(N3CCCCC3)cc2)c1OC. The van der Waals surface area contributed by atoms with Crippen LogP contribution in [0.5, 0.6) is 11.5 Å². The number of esters is 1. The van der Waals surface area contributed by atoms with E-state index in [9.17, 15) is 9.59 Å². The molecule has 7 heteroatoms. The molecular weight excluding hydrogens is 384 g/mol. The van der Waals surface area contributed by atoms with Gasteiger partial charge in [0.25, 0.3) is 5.91 Å². The lowest BCUT2D eigenvalue weighted by Crippen LogP contribution is -2.30. The van der Waals surface area contributed by atoms with Crippen molar-refractivity contribution in [2.45, 2.75) is 32.3 Å². The van der Waals surface area contributed by atoms with Crippen LogP contribution in [-0.2, 0) is 9.53 Å². The Labute approximate surface area is 176 Å². The Morgan fingerprint density at radius 3 is 2.30 bits per heavy atom. The van der Waals surface area contributed by atoms with Gasteiger partial charge in [0.1, 0.15) is 5.56 Å². The number of benzene rings is 2. The van der Waals surface area contributed by atoms with Gasteiger partial charge in [0.2, 0.25) is 0 Å². The first kappa shape index (κ1) is 21.5. The Morgan fingerprint density at radius 2 is 1.67 bits per heavy atom. The van der Waals surface area contributed by atoms with Crippen molar-refractivity contribution in [2.24, 2.45) is 0 Å². The number of hydrogen-bond donors (Lipinski definition) is 1. The molecule has 2 aromatic carbocycles. The molecule has 1 amide bonds. The van der Waals surface area contributed by atoms with Gasteiger partial charge in [-0.25, -0.2) is 4.79 Å². The molecule has 30 heavy (non-hydrogen) atoms. The van der Waals surface area contributed by atoms with Gasteiger partial charge in [0.15, 0.2) is 17.6 Å². The smallest absolute Gasteiger partial charge is 0.342 e. The van der Waals surface area contributed by atoms with Crippen molar-refractivity contribution >= 4 is 23.3 Å². The summed E-state index contributed by atoms with van der Waals surface area (Å²) < 4.78 is 15.8. The fourth-order valence-electron chi connectivity index (χ4n) is 3.48. The van der Waals surface area contributed by atoms with Crippen molar-refractivity contribution in [3.8, 4) is 11.5 Å². The number of amides is 1. The normalized spacial score (nSPS) is 14.6. The van der Waals surface area contributed by atoms with Gasteiger partial charge in [0, 0.05) is 24.5 Å². The predicted octanol–water partition coefficient (Wildman–Crippen LogP) is 3.88. The first-order valence-electron chi connectivity index (χ1n) is 10.1. The average Bonchev–Trinajstić information content (AvgIpc) is 2.79. The molecule has 1 N–H and O–H groups in total. The molecule has 0 spiro atoms. The zero-order valence-electron chi connectivity index (χ0n) is 17.6. The Balaban J connectivity index is 1.60. The van der Waals surface area contributed by atoms with Crippen LogP contribution in [-0.4, -0.2) is 45.3 Å². The van der Waals surface area contributed by atoms with E-state index >= 15 is 0 Å². The molecule has 1 atom stereocenters. The summed E-state index contributed by atoms with van der Waals surface area (Å²) in [4.78, 5) is 27.4. The largest absolute Gasteiger partial charge is 0.493 e. The van der Waals surface area contributed by atoms with Crippen LogP contribution >= 0.6 is 0 Å². The van der Waals surface area contributed by atoms with Gasteiger partial charge in [-0.15, -0.1) is 0 Å². The van der Waals surface area contributed by atoms with E-state index < -0.39 is 18.0 Å². The number of methoxy groups -OCH3 is 2. The number of hydrogen-bond acceptors (Lipinski definition) is 6. The Bertz CT molecular complexity index is 876. The average molecular weight is 412 g/mol. The highest BCUT2D eigenvalue weighted by Gasteiger charge is 2.23. The quantitative estimate of drug-likeness (QED) is 0.696. The van der Waals surface area contributed by atoms with E-state index in [2.05, 4.69) is 10.2 Å². The van der Waals surface area contributed by atoms with Crippen molar-refractivity contribution < 1.29 is 23.8 Å². The number of nitrogens with zero attached hydrogens (tertiary/aromatic N) is 1. The second-order valence-electron chi connectivity index (χ2n) is 7.17. The molecule has 0 saturated carbocycles. The van der Waals surface area contributed by atoms with Gasteiger partial charge in [0.05, 0.1) is 14.2 Å². The van der Waals surface area contributed by atoms with Crippen LogP contribution in [0.1, 0.15) is 36.5 Å². The van der Waals surface area contributed by atoms with Crippen molar-refractivity contribution in [1.29, 1.82) is 0 Å². The van der Waals surface area contributed by atoms with Gasteiger partial charge in [-0.1, -0.05) is 6.07 Å². The topological polar surface area (TPSA) is 77.1 Å². The van der Waals surface area contributed by atoms with Crippen LogP contribution in [0.25, 0.3) is 0 Å². The number of anilines is 2. The van der Waals surface area contributed by atoms with Crippen LogP contribution in [0.15, 0.2) is 42.5 Å². The zero-order chi connectivity index (χ0) is 21.5. The molecule has 0 aliphatic carbocycles. The highest BCUT2D eigenvalue weighted by Crippen LogP contribution is 2.31. The van der Waals surface area contributed by atoms with Crippen LogP contribution < -0.4 is 19.7 Å². The van der Waals surface area contributed by atoms with Crippen LogP contribution in [0.4, 0.5) is 11.4 Å². The molecule has 1 heterocycles. The summed E-state index contributed by atoms with van der Waals surface area (Å²) in [5, 5.41) is 2.79. The van der Waals surface area contributed by atoms with E-state index in [1.54, 1.807) is 18.2 Å². The molecule has 1 aliphatic rings. The lowest BCUT2D eigenvalue weighted by molar-refractivity contribution is -0.123. The maximum atomic E-state index is 12.5.